The molecule has 0 radical (unpaired) electrons. The second-order valence-electron chi connectivity index (χ2n) is 2.84. The first-order chi connectivity index (χ1) is 5.22. The molecule has 1 aromatic carbocycles. The molecule has 0 aliphatic heterocycles. The monoisotopic (exact) mass is 148 g/mol. The smallest absolute Gasteiger partial charge is 0.00420 e. The lowest BCUT2D eigenvalue weighted by molar-refractivity contribution is 0.356. The van der Waals surface area contributed by atoms with Crippen molar-refractivity contribution < 1.29 is 0 Å². The van der Waals surface area contributed by atoms with Gasteiger partial charge in [0.05, 0.1) is 0 Å². The molecule has 1 heteroatoms. The molecular weight excluding hydrogens is 134 g/mol. The van der Waals surface area contributed by atoms with Crippen LogP contribution in [0.15, 0.2) is 30.3 Å². The predicted octanol–water partition coefficient (Wildman–Crippen LogP) is 2.47. The van der Waals surface area contributed by atoms with Gasteiger partial charge in [-0.05, 0) is 19.5 Å². The van der Waals surface area contributed by atoms with Crippen LogP contribution in [0.3, 0.4) is 0 Å². The van der Waals surface area contributed by atoms with Gasteiger partial charge >= 0.3 is 0 Å². The maximum Gasteiger partial charge on any atom is 0.00420 e. The first-order valence-electron chi connectivity index (χ1n) is 3.80. The van der Waals surface area contributed by atoms with Crippen molar-refractivity contribution in [3.63, 3.8) is 0 Å². The van der Waals surface area contributed by atoms with Crippen molar-refractivity contribution in [2.45, 2.75) is 13.0 Å². The Bertz CT molecular complexity index is 203. The van der Waals surface area contributed by atoms with Gasteiger partial charge in [0.25, 0.3) is 0 Å². The molecule has 60 valence electrons. The number of nitrogens with zero attached hydrogens (tertiary/aromatic N) is 1. The third-order valence-corrected chi connectivity index (χ3v) is 1.94. The van der Waals surface area contributed by atoms with Crippen molar-refractivity contribution >= 4 is 0 Å². The topological polar surface area (TPSA) is 3.24 Å². The zero-order valence-corrected chi connectivity index (χ0v) is 7.12. The first-order valence-corrected chi connectivity index (χ1v) is 3.80. The predicted molar refractivity (Wildman–Crippen MR) is 48.0 cm³/mol. The van der Waals surface area contributed by atoms with Gasteiger partial charge < -0.3 is 4.90 Å². The van der Waals surface area contributed by atoms with Gasteiger partial charge in [0, 0.05) is 6.04 Å². The van der Waals surface area contributed by atoms with Crippen LogP contribution < -0.4 is 0 Å². The normalized spacial score (nSPS) is 13.5. The Morgan fingerprint density at radius 2 is 1.82 bits per heavy atom. The minimum Gasteiger partial charge on any atom is -0.456 e. The molecule has 0 aromatic heterocycles. The maximum absolute atomic E-state index is 3.85. The Morgan fingerprint density at radius 3 is 2.27 bits per heavy atom. The minimum absolute atomic E-state index is 0.399. The quantitative estimate of drug-likeness (QED) is 0.582. The van der Waals surface area contributed by atoms with Gasteiger partial charge in [-0.1, -0.05) is 30.3 Å². The summed E-state index contributed by atoms with van der Waals surface area (Å²) in [5.74, 6) is 0. The van der Waals surface area contributed by atoms with E-state index in [1.165, 1.54) is 5.56 Å². The zero-order valence-electron chi connectivity index (χ0n) is 7.12. The lowest BCUT2D eigenvalue weighted by Crippen LogP contribution is -2.13. The highest BCUT2D eigenvalue weighted by Crippen LogP contribution is 2.16. The Balaban J connectivity index is 2.77. The molecule has 0 fully saturated rings. The molecule has 0 saturated carbocycles. The van der Waals surface area contributed by atoms with E-state index in [1.54, 1.807) is 0 Å². The molecule has 0 bridgehead atoms. The maximum atomic E-state index is 3.85. The van der Waals surface area contributed by atoms with Gasteiger partial charge in [0.2, 0.25) is 0 Å². The third kappa shape index (κ3) is 2.05. The summed E-state index contributed by atoms with van der Waals surface area (Å²) < 4.78 is 0. The molecule has 1 rings (SSSR count). The highest BCUT2D eigenvalue weighted by Gasteiger charge is 2.00. The van der Waals surface area contributed by atoms with E-state index in [0.29, 0.717) is 6.04 Å². The van der Waals surface area contributed by atoms with Gasteiger partial charge in [-0.15, -0.1) is 0 Å². The van der Waals surface area contributed by atoms with E-state index in [4.69, 9.17) is 0 Å². The van der Waals surface area contributed by atoms with Gasteiger partial charge in [-0.2, -0.15) is 0 Å². The summed E-state index contributed by atoms with van der Waals surface area (Å²) in [7, 11) is 5.83. The van der Waals surface area contributed by atoms with Gasteiger partial charge in [-0.3, -0.25) is 7.05 Å². The van der Waals surface area contributed by atoms with E-state index in [9.17, 15) is 0 Å². The van der Waals surface area contributed by atoms with Crippen molar-refractivity contribution in [2.75, 3.05) is 7.05 Å². The van der Waals surface area contributed by atoms with Crippen molar-refractivity contribution in [2.24, 2.45) is 0 Å². The molecule has 0 aliphatic rings. The number of rotatable bonds is 2. The zero-order chi connectivity index (χ0) is 8.27. The largest absolute Gasteiger partial charge is 0.456 e. The van der Waals surface area contributed by atoms with Crippen molar-refractivity contribution in [1.82, 2.24) is 4.90 Å². The van der Waals surface area contributed by atoms with Crippen molar-refractivity contribution in [3.8, 4) is 0 Å². The Morgan fingerprint density at radius 1 is 1.27 bits per heavy atom. The van der Waals surface area contributed by atoms with E-state index in [1.807, 2.05) is 18.0 Å². The number of hydrogen-bond acceptors (Lipinski definition) is 1. The fourth-order valence-corrected chi connectivity index (χ4v) is 0.986. The van der Waals surface area contributed by atoms with Gasteiger partial charge in [-0.25, -0.2) is 0 Å². The van der Waals surface area contributed by atoms with E-state index < -0.39 is 0 Å². The minimum atomic E-state index is 0.399. The molecule has 0 spiro atoms. The van der Waals surface area contributed by atoms with Crippen LogP contribution in [0.2, 0.25) is 0 Å². The van der Waals surface area contributed by atoms with Crippen LogP contribution in [0.4, 0.5) is 0 Å². The fraction of sp³-hybridized carbons (Fsp3) is 0.300. The van der Waals surface area contributed by atoms with Crippen LogP contribution in [-0.4, -0.2) is 11.9 Å². The average Bonchev–Trinajstić information content (AvgIpc) is 2.05. The van der Waals surface area contributed by atoms with E-state index >= 15 is 0 Å². The number of hydrogen-bond donors (Lipinski definition) is 0. The summed E-state index contributed by atoms with van der Waals surface area (Å²) in [6.45, 7) is 2.14. The molecule has 0 heterocycles. The van der Waals surface area contributed by atoms with E-state index in [-0.39, 0.29) is 0 Å². The molecule has 1 atom stereocenters. The molecule has 0 saturated heterocycles. The lowest BCUT2D eigenvalue weighted by Gasteiger charge is -2.27. The summed E-state index contributed by atoms with van der Waals surface area (Å²) in [5.41, 5.74) is 1.31. The summed E-state index contributed by atoms with van der Waals surface area (Å²) in [6, 6.07) is 10.8. The van der Waals surface area contributed by atoms with E-state index in [2.05, 4.69) is 38.2 Å². The van der Waals surface area contributed by atoms with Crippen LogP contribution in [0, 0.1) is 7.05 Å². The van der Waals surface area contributed by atoms with Crippen LogP contribution in [0.25, 0.3) is 0 Å². The summed E-state index contributed by atoms with van der Waals surface area (Å²) in [4.78, 5) is 1.95. The molecule has 0 aliphatic carbocycles. The van der Waals surface area contributed by atoms with Crippen LogP contribution in [-0.2, 0) is 0 Å². The summed E-state index contributed by atoms with van der Waals surface area (Å²) in [5, 5.41) is 0. The molecule has 1 aromatic rings. The van der Waals surface area contributed by atoms with Crippen LogP contribution >= 0.6 is 0 Å². The second kappa shape index (κ2) is 3.54. The Hall–Kier alpha value is -0.820. The SMILES string of the molecule is [CH2-]N(C)[C@@H](C)c1ccccc1. The van der Waals surface area contributed by atoms with Crippen LogP contribution in [0.5, 0.6) is 0 Å². The van der Waals surface area contributed by atoms with E-state index in [0.717, 1.165) is 0 Å². The molecular formula is C10H14N-. The third-order valence-electron chi connectivity index (χ3n) is 1.94. The summed E-state index contributed by atoms with van der Waals surface area (Å²) in [6.07, 6.45) is 0. The molecule has 0 N–H and O–H groups in total. The van der Waals surface area contributed by atoms with Gasteiger partial charge in [0.15, 0.2) is 0 Å². The van der Waals surface area contributed by atoms with Crippen molar-refractivity contribution in [3.05, 3.63) is 42.9 Å². The molecule has 0 amide bonds. The standard InChI is InChI=1S/C10H14N/c1-9(11(2)3)10-7-5-4-6-8-10/h4-9H,2H2,1,3H3/q-1/t9-/m0/s1. The summed E-state index contributed by atoms with van der Waals surface area (Å²) >= 11 is 0. The average molecular weight is 148 g/mol. The lowest BCUT2D eigenvalue weighted by atomic mass is 10.1. The Kier molecular flexibility index (Phi) is 2.66. The molecule has 11 heavy (non-hydrogen) atoms. The van der Waals surface area contributed by atoms with Gasteiger partial charge in [0.1, 0.15) is 0 Å². The number of benzene rings is 1. The highest BCUT2D eigenvalue weighted by molar-refractivity contribution is 5.18. The molecule has 1 nitrogen and oxygen atoms in total. The second-order valence-corrected chi connectivity index (χ2v) is 2.84. The van der Waals surface area contributed by atoms with Crippen LogP contribution in [0.1, 0.15) is 18.5 Å². The first kappa shape index (κ1) is 8.28. The Labute approximate surface area is 68.7 Å². The van der Waals surface area contributed by atoms with Crippen molar-refractivity contribution in [1.29, 1.82) is 0 Å². The molecule has 0 unspecified atom stereocenters. The highest BCUT2D eigenvalue weighted by atomic mass is 15.1. The fourth-order valence-electron chi connectivity index (χ4n) is 0.986.